The molecule has 7 nitrogen and oxygen atoms in total. The van der Waals surface area contributed by atoms with Gasteiger partial charge in [-0.2, -0.15) is 0 Å². The van der Waals surface area contributed by atoms with Crippen molar-refractivity contribution in [1.29, 1.82) is 0 Å². The monoisotopic (exact) mass is 295 g/mol. The Hall–Kier alpha value is -1.86. The molecule has 2 rings (SSSR count). The van der Waals surface area contributed by atoms with Gasteiger partial charge in [0.15, 0.2) is 11.5 Å². The standard InChI is InChI=1S/C14H21N3O4/c1-15-4-6-16(7-5-15)10-11-8-13(20-2)14(21-3)9-12(11)17(18)19/h8-9H,4-7,10H2,1-3H3. The summed E-state index contributed by atoms with van der Waals surface area (Å²) in [5.41, 5.74) is 0.730. The van der Waals surface area contributed by atoms with E-state index in [0.29, 0.717) is 23.6 Å². The summed E-state index contributed by atoms with van der Waals surface area (Å²) < 4.78 is 10.4. The summed E-state index contributed by atoms with van der Waals surface area (Å²) in [6.45, 7) is 4.30. The van der Waals surface area contributed by atoms with Crippen molar-refractivity contribution in [3.05, 3.63) is 27.8 Å². The fraction of sp³-hybridized carbons (Fsp3) is 0.571. The van der Waals surface area contributed by atoms with Gasteiger partial charge in [-0.25, -0.2) is 0 Å². The lowest BCUT2D eigenvalue weighted by molar-refractivity contribution is -0.385. The highest BCUT2D eigenvalue weighted by Gasteiger charge is 2.22. The van der Waals surface area contributed by atoms with Crippen LogP contribution in [0, 0.1) is 10.1 Å². The van der Waals surface area contributed by atoms with Crippen LogP contribution in [0.2, 0.25) is 0 Å². The third kappa shape index (κ3) is 3.62. The molecular formula is C14H21N3O4. The van der Waals surface area contributed by atoms with Gasteiger partial charge in [0.2, 0.25) is 0 Å². The molecule has 0 N–H and O–H groups in total. The van der Waals surface area contributed by atoms with Crippen molar-refractivity contribution in [3.8, 4) is 11.5 Å². The zero-order valence-electron chi connectivity index (χ0n) is 12.7. The first kappa shape index (κ1) is 15.5. The van der Waals surface area contributed by atoms with Crippen LogP contribution in [0.25, 0.3) is 0 Å². The summed E-state index contributed by atoms with van der Waals surface area (Å²) in [4.78, 5) is 15.4. The van der Waals surface area contributed by atoms with E-state index in [-0.39, 0.29) is 10.6 Å². The Morgan fingerprint density at radius 3 is 2.24 bits per heavy atom. The van der Waals surface area contributed by atoms with Crippen molar-refractivity contribution in [2.24, 2.45) is 0 Å². The zero-order valence-corrected chi connectivity index (χ0v) is 12.7. The minimum atomic E-state index is -0.368. The van der Waals surface area contributed by atoms with E-state index in [1.54, 1.807) is 6.07 Å². The van der Waals surface area contributed by atoms with Gasteiger partial charge in [-0.15, -0.1) is 0 Å². The van der Waals surface area contributed by atoms with Crippen LogP contribution in [0.4, 0.5) is 5.69 Å². The predicted molar refractivity (Wildman–Crippen MR) is 79.0 cm³/mol. The molecule has 1 aliphatic heterocycles. The van der Waals surface area contributed by atoms with Crippen LogP contribution in [-0.4, -0.2) is 62.2 Å². The number of ether oxygens (including phenoxy) is 2. The minimum Gasteiger partial charge on any atom is -0.493 e. The minimum absolute atomic E-state index is 0.0755. The van der Waals surface area contributed by atoms with E-state index in [9.17, 15) is 10.1 Å². The SMILES string of the molecule is COc1cc(CN2CCN(C)CC2)c([N+](=O)[O-])cc1OC. The molecule has 116 valence electrons. The summed E-state index contributed by atoms with van der Waals surface area (Å²) in [5.74, 6) is 0.901. The maximum absolute atomic E-state index is 11.3. The molecule has 1 aromatic rings. The summed E-state index contributed by atoms with van der Waals surface area (Å²) in [6.07, 6.45) is 0. The van der Waals surface area contributed by atoms with Crippen LogP contribution >= 0.6 is 0 Å². The molecule has 1 heterocycles. The number of nitro benzene ring substituents is 1. The van der Waals surface area contributed by atoms with Crippen molar-refractivity contribution < 1.29 is 14.4 Å². The summed E-state index contributed by atoms with van der Waals surface area (Å²) in [5, 5.41) is 11.3. The second-order valence-electron chi connectivity index (χ2n) is 5.17. The molecule has 0 bridgehead atoms. The number of nitrogens with zero attached hydrogens (tertiary/aromatic N) is 3. The van der Waals surface area contributed by atoms with E-state index in [4.69, 9.17) is 9.47 Å². The maximum Gasteiger partial charge on any atom is 0.277 e. The van der Waals surface area contributed by atoms with Crippen molar-refractivity contribution in [3.63, 3.8) is 0 Å². The molecule has 0 amide bonds. The molecule has 21 heavy (non-hydrogen) atoms. The van der Waals surface area contributed by atoms with Gasteiger partial charge in [0, 0.05) is 38.3 Å². The van der Waals surface area contributed by atoms with Crippen LogP contribution in [0.15, 0.2) is 12.1 Å². The lowest BCUT2D eigenvalue weighted by Gasteiger charge is -2.32. The molecule has 1 saturated heterocycles. The Kier molecular flexibility index (Phi) is 4.98. The highest BCUT2D eigenvalue weighted by Crippen LogP contribution is 2.35. The number of nitro groups is 1. The van der Waals surface area contributed by atoms with Gasteiger partial charge in [-0.05, 0) is 13.1 Å². The first-order valence-electron chi connectivity index (χ1n) is 6.85. The lowest BCUT2D eigenvalue weighted by atomic mass is 10.1. The maximum atomic E-state index is 11.3. The van der Waals surface area contributed by atoms with Gasteiger partial charge in [0.25, 0.3) is 5.69 Å². The van der Waals surface area contributed by atoms with E-state index in [1.807, 2.05) is 0 Å². The normalized spacial score (nSPS) is 16.7. The van der Waals surface area contributed by atoms with Gasteiger partial charge in [-0.3, -0.25) is 15.0 Å². The Labute approximate surface area is 124 Å². The molecular weight excluding hydrogens is 274 g/mol. The smallest absolute Gasteiger partial charge is 0.277 e. The summed E-state index contributed by atoms with van der Waals surface area (Å²) >= 11 is 0. The van der Waals surface area contributed by atoms with Crippen molar-refractivity contribution in [1.82, 2.24) is 9.80 Å². The second kappa shape index (κ2) is 6.73. The molecule has 0 radical (unpaired) electrons. The third-order valence-corrected chi connectivity index (χ3v) is 3.77. The first-order valence-corrected chi connectivity index (χ1v) is 6.85. The van der Waals surface area contributed by atoms with Crippen LogP contribution in [0.5, 0.6) is 11.5 Å². The predicted octanol–water partition coefficient (Wildman–Crippen LogP) is 1.36. The molecule has 7 heteroatoms. The quantitative estimate of drug-likeness (QED) is 0.603. The molecule has 0 aromatic heterocycles. The van der Waals surface area contributed by atoms with E-state index in [2.05, 4.69) is 16.8 Å². The Balaban J connectivity index is 2.26. The number of likely N-dealkylation sites (N-methyl/N-ethyl adjacent to an activating group) is 1. The van der Waals surface area contributed by atoms with Crippen LogP contribution in [-0.2, 0) is 6.54 Å². The lowest BCUT2D eigenvalue weighted by Crippen LogP contribution is -2.43. The molecule has 1 fully saturated rings. The highest BCUT2D eigenvalue weighted by atomic mass is 16.6. The topological polar surface area (TPSA) is 68.1 Å². The zero-order chi connectivity index (χ0) is 15.4. The Morgan fingerprint density at radius 2 is 1.71 bits per heavy atom. The molecule has 0 unspecified atom stereocenters. The second-order valence-corrected chi connectivity index (χ2v) is 5.17. The number of rotatable bonds is 5. The first-order chi connectivity index (χ1) is 10.0. The number of methoxy groups -OCH3 is 2. The molecule has 0 saturated carbocycles. The van der Waals surface area contributed by atoms with Gasteiger partial charge in [-0.1, -0.05) is 0 Å². The average molecular weight is 295 g/mol. The fourth-order valence-electron chi connectivity index (χ4n) is 2.45. The van der Waals surface area contributed by atoms with Crippen molar-refractivity contribution in [2.45, 2.75) is 6.54 Å². The average Bonchev–Trinajstić information content (AvgIpc) is 2.48. The van der Waals surface area contributed by atoms with E-state index < -0.39 is 0 Å². The van der Waals surface area contributed by atoms with E-state index in [0.717, 1.165) is 26.2 Å². The van der Waals surface area contributed by atoms with Gasteiger partial charge < -0.3 is 14.4 Å². The van der Waals surface area contributed by atoms with Gasteiger partial charge in [0.1, 0.15) is 0 Å². The Bertz CT molecular complexity index is 513. The van der Waals surface area contributed by atoms with Crippen LogP contribution in [0.3, 0.4) is 0 Å². The van der Waals surface area contributed by atoms with Crippen LogP contribution in [0.1, 0.15) is 5.56 Å². The largest absolute Gasteiger partial charge is 0.493 e. The van der Waals surface area contributed by atoms with Crippen LogP contribution < -0.4 is 9.47 Å². The van der Waals surface area contributed by atoms with E-state index in [1.165, 1.54) is 20.3 Å². The van der Waals surface area contributed by atoms with E-state index >= 15 is 0 Å². The number of hydrogen-bond acceptors (Lipinski definition) is 6. The van der Waals surface area contributed by atoms with Gasteiger partial charge >= 0.3 is 0 Å². The third-order valence-electron chi connectivity index (χ3n) is 3.77. The number of piperazine rings is 1. The molecule has 1 aromatic carbocycles. The molecule has 0 atom stereocenters. The number of benzene rings is 1. The molecule has 1 aliphatic rings. The fourth-order valence-corrected chi connectivity index (χ4v) is 2.45. The Morgan fingerprint density at radius 1 is 1.14 bits per heavy atom. The van der Waals surface area contributed by atoms with Crippen molar-refractivity contribution >= 4 is 5.69 Å². The summed E-state index contributed by atoms with van der Waals surface area (Å²) in [6, 6.07) is 3.14. The highest BCUT2D eigenvalue weighted by molar-refractivity contribution is 5.54. The summed E-state index contributed by atoms with van der Waals surface area (Å²) in [7, 11) is 5.08. The number of hydrogen-bond donors (Lipinski definition) is 0. The van der Waals surface area contributed by atoms with Crippen molar-refractivity contribution in [2.75, 3.05) is 47.4 Å². The molecule has 0 spiro atoms. The van der Waals surface area contributed by atoms with Gasteiger partial charge in [0.05, 0.1) is 25.2 Å². The molecule has 0 aliphatic carbocycles.